The topological polar surface area (TPSA) is 135 Å². The van der Waals surface area contributed by atoms with Crippen molar-refractivity contribution in [3.63, 3.8) is 0 Å². The summed E-state index contributed by atoms with van der Waals surface area (Å²) in [6.07, 6.45) is 6.29. The van der Waals surface area contributed by atoms with E-state index in [0.717, 1.165) is 24.8 Å². The normalized spacial score (nSPS) is 15.2. The van der Waals surface area contributed by atoms with Crippen molar-refractivity contribution in [3.8, 4) is 11.3 Å². The molecule has 1 aliphatic heterocycles. The fourth-order valence-corrected chi connectivity index (χ4v) is 4.63. The van der Waals surface area contributed by atoms with Gasteiger partial charge in [-0.1, -0.05) is 25.6 Å². The smallest absolute Gasteiger partial charge is 0.269 e. The summed E-state index contributed by atoms with van der Waals surface area (Å²) in [4.78, 5) is 48.5. The molecule has 1 fully saturated rings. The molecular weight excluding hydrogens is 470 g/mol. The SMILES string of the molecule is C=CC(=O)N1CCCC[C@H]1c1nc(-c2ccc(C(=O)Nc3cc(CC)ccn3)cc2)c(C(N)=O)n1NC. The zero-order valence-electron chi connectivity index (χ0n) is 21.0. The van der Waals surface area contributed by atoms with Crippen LogP contribution in [0.25, 0.3) is 11.3 Å². The highest BCUT2D eigenvalue weighted by molar-refractivity contribution is 6.04. The van der Waals surface area contributed by atoms with Crippen LogP contribution in [0.4, 0.5) is 5.82 Å². The van der Waals surface area contributed by atoms with E-state index in [1.54, 1.807) is 47.1 Å². The first-order valence-electron chi connectivity index (χ1n) is 12.3. The minimum atomic E-state index is -0.663. The summed E-state index contributed by atoms with van der Waals surface area (Å²) in [6.45, 7) is 6.23. The number of piperidine rings is 1. The molecule has 10 heteroatoms. The van der Waals surface area contributed by atoms with Gasteiger partial charge >= 0.3 is 0 Å². The van der Waals surface area contributed by atoms with E-state index < -0.39 is 5.91 Å². The summed E-state index contributed by atoms with van der Waals surface area (Å²) in [5, 5.41) is 2.81. The summed E-state index contributed by atoms with van der Waals surface area (Å²) in [5.41, 5.74) is 11.4. The van der Waals surface area contributed by atoms with E-state index in [2.05, 4.69) is 22.3 Å². The van der Waals surface area contributed by atoms with Crippen LogP contribution in [0.1, 0.15) is 64.5 Å². The standard InChI is InChI=1S/C27H31N7O3/c1-4-17-13-14-30-21(16-17)31-27(37)19-11-9-18(10-12-19)23-24(25(28)36)34(29-3)26(32-23)20-8-6-7-15-33(20)22(35)5-2/h5,9-14,16,20,29H,2,4,6-8,15H2,1,3H3,(H2,28,36)(H,30,31,37)/t20-/m0/s1. The van der Waals surface area contributed by atoms with Crippen molar-refractivity contribution >= 4 is 23.5 Å². The molecule has 0 aliphatic carbocycles. The first-order valence-corrected chi connectivity index (χ1v) is 12.3. The third-order valence-electron chi connectivity index (χ3n) is 6.51. The Morgan fingerprint density at radius 3 is 2.59 bits per heavy atom. The molecule has 10 nitrogen and oxygen atoms in total. The van der Waals surface area contributed by atoms with Crippen molar-refractivity contribution in [3.05, 3.63) is 77.9 Å². The first-order chi connectivity index (χ1) is 17.9. The van der Waals surface area contributed by atoms with Gasteiger partial charge in [0.25, 0.3) is 11.8 Å². The van der Waals surface area contributed by atoms with Crippen LogP contribution in [0.15, 0.2) is 55.3 Å². The number of aromatic nitrogens is 3. The number of likely N-dealkylation sites (tertiary alicyclic amines) is 1. The Bertz CT molecular complexity index is 1330. The number of anilines is 1. The number of carbonyl (C=O) groups is 3. The highest BCUT2D eigenvalue weighted by atomic mass is 16.2. The third-order valence-corrected chi connectivity index (χ3v) is 6.51. The van der Waals surface area contributed by atoms with Gasteiger partial charge < -0.3 is 21.4 Å². The number of benzene rings is 1. The molecule has 1 aliphatic rings. The number of aryl methyl sites for hydroxylation is 1. The maximum absolute atomic E-state index is 12.8. The predicted molar refractivity (Wildman–Crippen MR) is 142 cm³/mol. The fourth-order valence-electron chi connectivity index (χ4n) is 4.63. The minimum absolute atomic E-state index is 0.173. The van der Waals surface area contributed by atoms with Gasteiger partial charge in [0, 0.05) is 30.9 Å². The van der Waals surface area contributed by atoms with E-state index in [0.29, 0.717) is 41.4 Å². The van der Waals surface area contributed by atoms with Gasteiger partial charge in [0.2, 0.25) is 5.91 Å². The molecule has 37 heavy (non-hydrogen) atoms. The molecule has 2 aromatic heterocycles. The van der Waals surface area contributed by atoms with Gasteiger partial charge in [-0.3, -0.25) is 14.4 Å². The zero-order chi connectivity index (χ0) is 26.5. The minimum Gasteiger partial charge on any atom is -0.364 e. The van der Waals surface area contributed by atoms with Crippen LogP contribution in [0.2, 0.25) is 0 Å². The molecular formula is C27H31N7O3. The molecule has 1 saturated heterocycles. The summed E-state index contributed by atoms with van der Waals surface area (Å²) in [7, 11) is 1.67. The number of amides is 3. The third kappa shape index (κ3) is 5.23. The van der Waals surface area contributed by atoms with E-state index in [-0.39, 0.29) is 23.6 Å². The highest BCUT2D eigenvalue weighted by Gasteiger charge is 2.33. The number of carbonyl (C=O) groups excluding carboxylic acids is 3. The quantitative estimate of drug-likeness (QED) is 0.406. The number of nitrogens with zero attached hydrogens (tertiary/aromatic N) is 4. The molecule has 1 aromatic carbocycles. The van der Waals surface area contributed by atoms with Gasteiger partial charge in [-0.2, -0.15) is 0 Å². The van der Waals surface area contributed by atoms with Crippen LogP contribution in [-0.2, 0) is 11.2 Å². The van der Waals surface area contributed by atoms with Crippen LogP contribution in [0.5, 0.6) is 0 Å². The molecule has 3 amide bonds. The zero-order valence-corrected chi connectivity index (χ0v) is 21.0. The molecule has 0 bridgehead atoms. The first kappa shape index (κ1) is 25.6. The Morgan fingerprint density at radius 1 is 1.19 bits per heavy atom. The molecule has 0 radical (unpaired) electrons. The molecule has 4 N–H and O–H groups in total. The monoisotopic (exact) mass is 501 g/mol. The van der Waals surface area contributed by atoms with Crippen molar-refractivity contribution in [2.24, 2.45) is 5.73 Å². The van der Waals surface area contributed by atoms with E-state index in [4.69, 9.17) is 10.7 Å². The number of imidazole rings is 1. The predicted octanol–water partition coefficient (Wildman–Crippen LogP) is 3.27. The maximum atomic E-state index is 12.8. The summed E-state index contributed by atoms with van der Waals surface area (Å²) >= 11 is 0. The Hall–Kier alpha value is -4.47. The second kappa shape index (κ2) is 11.1. The lowest BCUT2D eigenvalue weighted by molar-refractivity contribution is -0.129. The van der Waals surface area contributed by atoms with Crippen LogP contribution in [-0.4, -0.2) is 50.9 Å². The van der Waals surface area contributed by atoms with E-state index in [1.165, 1.54) is 6.08 Å². The second-order valence-electron chi connectivity index (χ2n) is 8.77. The van der Waals surface area contributed by atoms with Crippen LogP contribution < -0.4 is 16.5 Å². The van der Waals surface area contributed by atoms with Crippen molar-refractivity contribution in [2.75, 3.05) is 24.3 Å². The van der Waals surface area contributed by atoms with E-state index in [9.17, 15) is 14.4 Å². The fraction of sp³-hybridized carbons (Fsp3) is 0.296. The average Bonchev–Trinajstić information content (AvgIpc) is 3.32. The Balaban J connectivity index is 1.67. The molecule has 3 heterocycles. The largest absolute Gasteiger partial charge is 0.364 e. The van der Waals surface area contributed by atoms with Crippen molar-refractivity contribution in [1.29, 1.82) is 0 Å². The molecule has 3 aromatic rings. The maximum Gasteiger partial charge on any atom is 0.269 e. The Morgan fingerprint density at radius 2 is 1.95 bits per heavy atom. The van der Waals surface area contributed by atoms with Crippen molar-refractivity contribution in [1.82, 2.24) is 19.5 Å². The van der Waals surface area contributed by atoms with Gasteiger partial charge in [0.1, 0.15) is 11.5 Å². The number of hydrogen-bond acceptors (Lipinski definition) is 6. The van der Waals surface area contributed by atoms with Crippen LogP contribution in [0.3, 0.4) is 0 Å². The van der Waals surface area contributed by atoms with Gasteiger partial charge in [-0.15, -0.1) is 0 Å². The molecule has 192 valence electrons. The summed E-state index contributed by atoms with van der Waals surface area (Å²) in [5.74, 6) is -0.154. The van der Waals surface area contributed by atoms with Crippen LogP contribution in [0, 0.1) is 0 Å². The lowest BCUT2D eigenvalue weighted by Gasteiger charge is -2.34. The number of hydrogen-bond donors (Lipinski definition) is 3. The molecule has 0 spiro atoms. The van der Waals surface area contributed by atoms with E-state index in [1.807, 2.05) is 19.1 Å². The summed E-state index contributed by atoms with van der Waals surface area (Å²) < 4.78 is 1.55. The number of primary amides is 1. The molecule has 0 saturated carbocycles. The average molecular weight is 502 g/mol. The van der Waals surface area contributed by atoms with Gasteiger partial charge in [0.05, 0.1) is 6.04 Å². The molecule has 4 rings (SSSR count). The second-order valence-corrected chi connectivity index (χ2v) is 8.77. The lowest BCUT2D eigenvalue weighted by atomic mass is 10.0. The van der Waals surface area contributed by atoms with E-state index >= 15 is 0 Å². The summed E-state index contributed by atoms with van der Waals surface area (Å²) in [6, 6.07) is 10.2. The van der Waals surface area contributed by atoms with Gasteiger partial charge in [-0.25, -0.2) is 14.6 Å². The number of rotatable bonds is 8. The Labute approximate surface area is 215 Å². The highest BCUT2D eigenvalue weighted by Crippen LogP contribution is 2.34. The van der Waals surface area contributed by atoms with Gasteiger partial charge in [-0.05, 0) is 61.6 Å². The molecule has 0 unspecified atom stereocenters. The number of nitrogens with two attached hydrogens (primary N) is 1. The number of nitrogens with one attached hydrogen (secondary N) is 2. The van der Waals surface area contributed by atoms with Crippen LogP contribution >= 0.6 is 0 Å². The number of pyridine rings is 1. The Kier molecular flexibility index (Phi) is 7.66. The molecule has 1 atom stereocenters. The van der Waals surface area contributed by atoms with Gasteiger partial charge in [0.15, 0.2) is 11.5 Å². The van der Waals surface area contributed by atoms with Crippen molar-refractivity contribution in [2.45, 2.75) is 38.6 Å². The lowest BCUT2D eigenvalue weighted by Crippen LogP contribution is -2.39. The van der Waals surface area contributed by atoms with Crippen molar-refractivity contribution < 1.29 is 14.4 Å².